The van der Waals surface area contributed by atoms with Crippen LogP contribution in [-0.2, 0) is 11.4 Å². The average Bonchev–Trinajstić information content (AvgIpc) is 2.83. The first kappa shape index (κ1) is 20.9. The second kappa shape index (κ2) is 9.63. The largest absolute Gasteiger partial charge is 0.488 e. The second-order valence-corrected chi connectivity index (χ2v) is 7.45. The standard InChI is InChI=1S/C28H22N2O2/c1-20-13-15-25(16-14-20)30-28(31)24(18-29)17-22-8-3-5-12-27(22)32-19-23-10-6-9-21-7-2-4-11-26(21)23/h2-17H,19H2,1H3,(H,30,31)/b24-17-. The molecule has 4 heteroatoms. The quantitative estimate of drug-likeness (QED) is 0.296. The summed E-state index contributed by atoms with van der Waals surface area (Å²) in [4.78, 5) is 12.6. The van der Waals surface area contributed by atoms with Crippen molar-refractivity contribution in [3.8, 4) is 11.8 Å². The number of benzene rings is 4. The van der Waals surface area contributed by atoms with Crippen molar-refractivity contribution in [2.24, 2.45) is 0 Å². The minimum atomic E-state index is -0.458. The van der Waals surface area contributed by atoms with Gasteiger partial charge in [0.25, 0.3) is 5.91 Å². The van der Waals surface area contributed by atoms with Crippen molar-refractivity contribution >= 4 is 28.4 Å². The van der Waals surface area contributed by atoms with Gasteiger partial charge in [0, 0.05) is 11.3 Å². The Bertz CT molecular complexity index is 1330. The van der Waals surface area contributed by atoms with Crippen molar-refractivity contribution in [2.75, 3.05) is 5.32 Å². The van der Waals surface area contributed by atoms with Gasteiger partial charge in [-0.1, -0.05) is 78.4 Å². The Morgan fingerprint density at radius 3 is 2.47 bits per heavy atom. The Hall–Kier alpha value is -4.36. The van der Waals surface area contributed by atoms with E-state index in [0.29, 0.717) is 23.6 Å². The predicted molar refractivity (Wildman–Crippen MR) is 128 cm³/mol. The summed E-state index contributed by atoms with van der Waals surface area (Å²) in [5.41, 5.74) is 3.48. The van der Waals surface area contributed by atoms with Gasteiger partial charge in [-0.05, 0) is 47.5 Å². The van der Waals surface area contributed by atoms with Crippen LogP contribution in [0.1, 0.15) is 16.7 Å². The number of anilines is 1. The SMILES string of the molecule is Cc1ccc(NC(=O)/C(C#N)=C\c2ccccc2OCc2cccc3ccccc23)cc1. The van der Waals surface area contributed by atoms with Crippen molar-refractivity contribution in [1.82, 2.24) is 0 Å². The minimum absolute atomic E-state index is 0.00628. The van der Waals surface area contributed by atoms with Crippen LogP contribution >= 0.6 is 0 Å². The molecule has 4 aromatic carbocycles. The van der Waals surface area contributed by atoms with Crippen molar-refractivity contribution in [3.63, 3.8) is 0 Å². The first-order valence-corrected chi connectivity index (χ1v) is 10.3. The highest BCUT2D eigenvalue weighted by Crippen LogP contribution is 2.25. The summed E-state index contributed by atoms with van der Waals surface area (Å²) in [7, 11) is 0. The van der Waals surface area contributed by atoms with Gasteiger partial charge in [0.1, 0.15) is 24.0 Å². The molecule has 32 heavy (non-hydrogen) atoms. The third-order valence-electron chi connectivity index (χ3n) is 5.16. The van der Waals surface area contributed by atoms with E-state index < -0.39 is 5.91 Å². The van der Waals surface area contributed by atoms with E-state index >= 15 is 0 Å². The molecule has 0 heterocycles. The molecule has 0 spiro atoms. The Morgan fingerprint density at radius 1 is 0.938 bits per heavy atom. The van der Waals surface area contributed by atoms with Crippen LogP contribution in [0.25, 0.3) is 16.8 Å². The number of fused-ring (bicyclic) bond motifs is 1. The number of ether oxygens (including phenoxy) is 1. The lowest BCUT2D eigenvalue weighted by Crippen LogP contribution is -2.13. The molecule has 0 fully saturated rings. The summed E-state index contributed by atoms with van der Waals surface area (Å²) in [6.45, 7) is 2.35. The average molecular weight is 418 g/mol. The normalized spacial score (nSPS) is 11.1. The summed E-state index contributed by atoms with van der Waals surface area (Å²) in [5, 5.41) is 14.6. The summed E-state index contributed by atoms with van der Waals surface area (Å²) in [6.07, 6.45) is 1.56. The molecule has 0 bridgehead atoms. The van der Waals surface area contributed by atoms with E-state index in [2.05, 4.69) is 23.5 Å². The number of para-hydroxylation sites is 1. The molecule has 4 nitrogen and oxygen atoms in total. The molecule has 1 amide bonds. The van der Waals surface area contributed by atoms with E-state index in [-0.39, 0.29) is 5.57 Å². The zero-order valence-corrected chi connectivity index (χ0v) is 17.7. The highest BCUT2D eigenvalue weighted by molar-refractivity contribution is 6.09. The van der Waals surface area contributed by atoms with Gasteiger partial charge in [-0.3, -0.25) is 4.79 Å². The van der Waals surface area contributed by atoms with Gasteiger partial charge in [-0.15, -0.1) is 0 Å². The molecule has 1 N–H and O–H groups in total. The fourth-order valence-corrected chi connectivity index (χ4v) is 3.44. The van der Waals surface area contributed by atoms with Crippen molar-refractivity contribution in [1.29, 1.82) is 5.26 Å². The van der Waals surface area contributed by atoms with Crippen molar-refractivity contribution in [2.45, 2.75) is 13.5 Å². The van der Waals surface area contributed by atoms with Crippen LogP contribution in [-0.4, -0.2) is 5.91 Å². The van der Waals surface area contributed by atoms with Crippen molar-refractivity contribution in [3.05, 3.63) is 113 Å². The van der Waals surface area contributed by atoms with Crippen LogP contribution < -0.4 is 10.1 Å². The molecule has 0 radical (unpaired) electrons. The second-order valence-electron chi connectivity index (χ2n) is 7.45. The predicted octanol–water partition coefficient (Wildman–Crippen LogP) is 6.27. The zero-order chi connectivity index (χ0) is 22.3. The maximum Gasteiger partial charge on any atom is 0.266 e. The number of rotatable bonds is 6. The van der Waals surface area contributed by atoms with Gasteiger partial charge in [-0.2, -0.15) is 5.26 Å². The van der Waals surface area contributed by atoms with Gasteiger partial charge in [0.05, 0.1) is 0 Å². The summed E-state index contributed by atoms with van der Waals surface area (Å²) in [6, 6.07) is 31.1. The Kier molecular flexibility index (Phi) is 6.29. The zero-order valence-electron chi connectivity index (χ0n) is 17.7. The van der Waals surface area contributed by atoms with E-state index in [0.717, 1.165) is 21.9 Å². The highest BCUT2D eigenvalue weighted by atomic mass is 16.5. The Labute approximate surface area is 187 Å². The van der Waals surface area contributed by atoms with E-state index in [1.165, 1.54) is 0 Å². The van der Waals surface area contributed by atoms with Crippen LogP contribution in [0.3, 0.4) is 0 Å². The van der Waals surface area contributed by atoms with Crippen LogP contribution in [0.15, 0.2) is 96.6 Å². The van der Waals surface area contributed by atoms with Crippen LogP contribution in [0.4, 0.5) is 5.69 Å². The molecular weight excluding hydrogens is 396 g/mol. The maximum atomic E-state index is 12.6. The number of carbonyl (C=O) groups is 1. The summed E-state index contributed by atoms with van der Waals surface area (Å²) >= 11 is 0. The van der Waals surface area contributed by atoms with E-state index in [4.69, 9.17) is 4.74 Å². The van der Waals surface area contributed by atoms with E-state index in [9.17, 15) is 10.1 Å². The Morgan fingerprint density at radius 2 is 1.66 bits per heavy atom. The van der Waals surface area contributed by atoms with Gasteiger partial charge in [0.2, 0.25) is 0 Å². The maximum absolute atomic E-state index is 12.6. The number of nitrogens with zero attached hydrogens (tertiary/aromatic N) is 1. The first-order valence-electron chi connectivity index (χ1n) is 10.3. The molecule has 0 aliphatic carbocycles. The monoisotopic (exact) mass is 418 g/mol. The topological polar surface area (TPSA) is 62.1 Å². The third kappa shape index (κ3) is 4.85. The van der Waals surface area contributed by atoms with Gasteiger partial charge < -0.3 is 10.1 Å². The number of aryl methyl sites for hydroxylation is 1. The highest BCUT2D eigenvalue weighted by Gasteiger charge is 2.12. The van der Waals surface area contributed by atoms with E-state index in [1.54, 1.807) is 6.08 Å². The molecule has 4 aromatic rings. The fraction of sp³-hybridized carbons (Fsp3) is 0.0714. The molecule has 0 aliphatic heterocycles. The third-order valence-corrected chi connectivity index (χ3v) is 5.16. The molecule has 0 saturated heterocycles. The van der Waals surface area contributed by atoms with Gasteiger partial charge >= 0.3 is 0 Å². The number of hydrogen-bond acceptors (Lipinski definition) is 3. The fourth-order valence-electron chi connectivity index (χ4n) is 3.44. The molecule has 0 aliphatic rings. The number of nitriles is 1. The summed E-state index contributed by atoms with van der Waals surface area (Å²) in [5.74, 6) is 0.150. The van der Waals surface area contributed by atoms with E-state index in [1.807, 2.05) is 85.8 Å². The Balaban J connectivity index is 1.55. The lowest BCUT2D eigenvalue weighted by Gasteiger charge is -2.12. The molecule has 4 rings (SSSR count). The molecule has 0 aromatic heterocycles. The first-order chi connectivity index (χ1) is 15.6. The van der Waals surface area contributed by atoms with Crippen LogP contribution in [0, 0.1) is 18.3 Å². The smallest absolute Gasteiger partial charge is 0.266 e. The van der Waals surface area contributed by atoms with Gasteiger partial charge in [0.15, 0.2) is 0 Å². The number of amides is 1. The van der Waals surface area contributed by atoms with Crippen LogP contribution in [0.5, 0.6) is 5.75 Å². The molecule has 0 unspecified atom stereocenters. The lowest BCUT2D eigenvalue weighted by molar-refractivity contribution is -0.112. The molecule has 0 atom stereocenters. The summed E-state index contributed by atoms with van der Waals surface area (Å²) < 4.78 is 6.10. The molecule has 0 saturated carbocycles. The number of carbonyl (C=O) groups excluding carboxylic acids is 1. The minimum Gasteiger partial charge on any atom is -0.488 e. The number of hydrogen-bond donors (Lipinski definition) is 1. The lowest BCUT2D eigenvalue weighted by atomic mass is 10.1. The van der Waals surface area contributed by atoms with Gasteiger partial charge in [-0.25, -0.2) is 0 Å². The molecular formula is C28H22N2O2. The van der Waals surface area contributed by atoms with Crippen molar-refractivity contribution < 1.29 is 9.53 Å². The molecule has 156 valence electrons. The van der Waals surface area contributed by atoms with Crippen LogP contribution in [0.2, 0.25) is 0 Å². The number of nitrogens with one attached hydrogen (secondary N) is 1.